The van der Waals surface area contributed by atoms with Crippen molar-refractivity contribution in [3.63, 3.8) is 0 Å². The number of hydrogen-bond donors (Lipinski definition) is 1. The Morgan fingerprint density at radius 1 is 1.15 bits per heavy atom. The van der Waals surface area contributed by atoms with Crippen molar-refractivity contribution >= 4 is 46.6 Å². The molecule has 1 N–H and O–H groups in total. The summed E-state index contributed by atoms with van der Waals surface area (Å²) in [4.78, 5) is 14.8. The fraction of sp³-hybridized carbons (Fsp3) is 0.350. The number of phenols is 1. The first-order valence-corrected chi connectivity index (χ1v) is 10.2. The van der Waals surface area contributed by atoms with Gasteiger partial charge in [0.2, 0.25) is 5.91 Å². The summed E-state index contributed by atoms with van der Waals surface area (Å²) in [6.45, 7) is 7.87. The van der Waals surface area contributed by atoms with Crippen molar-refractivity contribution < 1.29 is 9.90 Å². The third kappa shape index (κ3) is 3.42. The van der Waals surface area contributed by atoms with Gasteiger partial charge in [0.15, 0.2) is 0 Å². The van der Waals surface area contributed by atoms with E-state index in [0.717, 1.165) is 22.4 Å². The molecule has 2 aromatic rings. The number of hydrogen-bond acceptors (Lipinski definition) is 3. The largest absolute Gasteiger partial charge is 0.508 e. The topological polar surface area (TPSA) is 40.5 Å². The minimum atomic E-state index is -0.185. The van der Waals surface area contributed by atoms with Crippen LogP contribution in [0.2, 0.25) is 10.0 Å². The second kappa shape index (κ2) is 7.34. The summed E-state index contributed by atoms with van der Waals surface area (Å²) in [5.74, 6) is 0.467. The molecule has 2 atom stereocenters. The van der Waals surface area contributed by atoms with E-state index < -0.39 is 0 Å². The monoisotopic (exact) mass is 409 g/mol. The van der Waals surface area contributed by atoms with Crippen molar-refractivity contribution in [1.82, 2.24) is 0 Å². The number of nitrogens with zero attached hydrogens (tertiary/aromatic N) is 1. The molecule has 1 amide bonds. The summed E-state index contributed by atoms with van der Waals surface area (Å²) in [6.07, 6.45) is 0. The number of benzene rings is 2. The standard InChI is InChI=1S/C20H21Cl2NO2S/c1-10(2)14-9-17(11(3)7-18(14)24)23-19(25)12(4)26-20(23)13-5-6-15(21)16(22)8-13/h5-10,12,20,24H,1-4H3. The van der Waals surface area contributed by atoms with Gasteiger partial charge in [0.25, 0.3) is 0 Å². The Kier molecular flexibility index (Phi) is 5.48. The third-order valence-electron chi connectivity index (χ3n) is 4.61. The van der Waals surface area contributed by atoms with Crippen LogP contribution >= 0.6 is 35.0 Å². The third-order valence-corrected chi connectivity index (χ3v) is 6.70. The van der Waals surface area contributed by atoms with Crippen LogP contribution in [-0.4, -0.2) is 16.3 Å². The number of amides is 1. The van der Waals surface area contributed by atoms with Gasteiger partial charge in [-0.05, 0) is 60.7 Å². The van der Waals surface area contributed by atoms with E-state index in [4.69, 9.17) is 23.2 Å². The SMILES string of the molecule is Cc1cc(O)c(C(C)C)cc1N1C(=O)C(C)SC1c1ccc(Cl)c(Cl)c1. The van der Waals surface area contributed by atoms with Gasteiger partial charge in [-0.25, -0.2) is 0 Å². The number of aryl methyl sites for hydroxylation is 1. The van der Waals surface area contributed by atoms with E-state index in [9.17, 15) is 9.90 Å². The molecule has 3 rings (SSSR count). The summed E-state index contributed by atoms with van der Waals surface area (Å²) in [5.41, 5.74) is 3.45. The van der Waals surface area contributed by atoms with Crippen LogP contribution in [0.1, 0.15) is 48.8 Å². The average Bonchev–Trinajstić information content (AvgIpc) is 2.85. The number of thioether (sulfide) groups is 1. The molecule has 2 aromatic carbocycles. The van der Waals surface area contributed by atoms with Gasteiger partial charge in [0.05, 0.1) is 15.3 Å². The van der Waals surface area contributed by atoms with Crippen molar-refractivity contribution in [3.8, 4) is 5.75 Å². The van der Waals surface area contributed by atoms with Crippen LogP contribution in [0.3, 0.4) is 0 Å². The van der Waals surface area contributed by atoms with E-state index in [-0.39, 0.29) is 28.2 Å². The summed E-state index contributed by atoms with van der Waals surface area (Å²) in [6, 6.07) is 9.14. The number of aromatic hydroxyl groups is 1. The van der Waals surface area contributed by atoms with E-state index in [0.29, 0.717) is 10.0 Å². The molecule has 0 spiro atoms. The Morgan fingerprint density at radius 2 is 1.85 bits per heavy atom. The van der Waals surface area contributed by atoms with Gasteiger partial charge in [-0.1, -0.05) is 43.1 Å². The molecular weight excluding hydrogens is 389 g/mol. The molecule has 2 unspecified atom stereocenters. The van der Waals surface area contributed by atoms with Gasteiger partial charge >= 0.3 is 0 Å². The van der Waals surface area contributed by atoms with Crippen molar-refractivity contribution in [2.24, 2.45) is 0 Å². The van der Waals surface area contributed by atoms with Gasteiger partial charge in [-0.2, -0.15) is 0 Å². The highest BCUT2D eigenvalue weighted by Gasteiger charge is 2.40. The molecule has 26 heavy (non-hydrogen) atoms. The van der Waals surface area contributed by atoms with E-state index in [1.54, 1.807) is 23.9 Å². The highest BCUT2D eigenvalue weighted by Crippen LogP contribution is 2.48. The highest BCUT2D eigenvalue weighted by atomic mass is 35.5. The molecule has 1 aliphatic rings. The Bertz CT molecular complexity index is 869. The summed E-state index contributed by atoms with van der Waals surface area (Å²) < 4.78 is 0. The summed E-state index contributed by atoms with van der Waals surface area (Å²) in [7, 11) is 0. The van der Waals surface area contributed by atoms with Crippen LogP contribution in [0.5, 0.6) is 5.75 Å². The number of phenolic OH excluding ortho intramolecular Hbond substituents is 1. The molecule has 0 aromatic heterocycles. The molecule has 3 nitrogen and oxygen atoms in total. The molecule has 1 aliphatic heterocycles. The molecule has 1 fully saturated rings. The molecule has 1 heterocycles. The van der Waals surface area contributed by atoms with Gasteiger partial charge in [-0.3, -0.25) is 9.69 Å². The number of anilines is 1. The van der Waals surface area contributed by atoms with Gasteiger partial charge in [-0.15, -0.1) is 11.8 Å². The Hall–Kier alpha value is -1.36. The van der Waals surface area contributed by atoms with Gasteiger partial charge < -0.3 is 5.11 Å². The lowest BCUT2D eigenvalue weighted by molar-refractivity contribution is -0.117. The normalized spacial score (nSPS) is 20.3. The van der Waals surface area contributed by atoms with Crippen molar-refractivity contribution in [3.05, 3.63) is 57.1 Å². The first-order chi connectivity index (χ1) is 12.2. The zero-order valence-corrected chi connectivity index (χ0v) is 17.4. The van der Waals surface area contributed by atoms with E-state index in [2.05, 4.69) is 0 Å². The average molecular weight is 410 g/mol. The molecule has 0 radical (unpaired) electrons. The maximum Gasteiger partial charge on any atom is 0.241 e. The molecule has 0 bridgehead atoms. The first-order valence-electron chi connectivity index (χ1n) is 8.47. The van der Waals surface area contributed by atoms with E-state index >= 15 is 0 Å². The number of carbonyl (C=O) groups is 1. The maximum atomic E-state index is 12.9. The Labute approximate surface area is 168 Å². The smallest absolute Gasteiger partial charge is 0.241 e. The van der Waals surface area contributed by atoms with Crippen molar-refractivity contribution in [1.29, 1.82) is 0 Å². The first kappa shape index (κ1) is 19.4. The van der Waals surface area contributed by atoms with Crippen LogP contribution in [-0.2, 0) is 4.79 Å². The predicted molar refractivity (Wildman–Crippen MR) is 111 cm³/mol. The molecular formula is C20H21Cl2NO2S. The van der Waals surface area contributed by atoms with Crippen LogP contribution in [0.15, 0.2) is 30.3 Å². The van der Waals surface area contributed by atoms with Gasteiger partial charge in [0.1, 0.15) is 11.1 Å². The highest BCUT2D eigenvalue weighted by molar-refractivity contribution is 8.01. The number of halogens is 2. The zero-order chi connectivity index (χ0) is 19.2. The molecule has 6 heteroatoms. The van der Waals surface area contributed by atoms with Crippen LogP contribution < -0.4 is 4.90 Å². The van der Waals surface area contributed by atoms with Crippen LogP contribution in [0.4, 0.5) is 5.69 Å². The second-order valence-corrected chi connectivity index (χ2v) is 9.10. The zero-order valence-electron chi connectivity index (χ0n) is 15.1. The molecule has 0 saturated carbocycles. The minimum absolute atomic E-state index is 0.0505. The Morgan fingerprint density at radius 3 is 2.46 bits per heavy atom. The fourth-order valence-electron chi connectivity index (χ4n) is 3.18. The lowest BCUT2D eigenvalue weighted by Gasteiger charge is -2.27. The van der Waals surface area contributed by atoms with E-state index in [1.807, 2.05) is 50.8 Å². The second-order valence-electron chi connectivity index (χ2n) is 6.86. The van der Waals surface area contributed by atoms with Crippen molar-refractivity contribution in [2.75, 3.05) is 4.90 Å². The molecule has 1 saturated heterocycles. The van der Waals surface area contributed by atoms with Gasteiger partial charge in [0, 0.05) is 5.69 Å². The predicted octanol–water partition coefficient (Wildman–Crippen LogP) is 6.30. The molecule has 138 valence electrons. The number of carbonyl (C=O) groups excluding carboxylic acids is 1. The maximum absolute atomic E-state index is 12.9. The lowest BCUT2D eigenvalue weighted by atomic mass is 9.98. The number of rotatable bonds is 3. The fourth-order valence-corrected chi connectivity index (χ4v) is 4.75. The summed E-state index contributed by atoms with van der Waals surface area (Å²) in [5, 5.41) is 10.9. The van der Waals surface area contributed by atoms with Crippen LogP contribution in [0.25, 0.3) is 0 Å². The lowest BCUT2D eigenvalue weighted by Crippen LogP contribution is -2.30. The van der Waals surface area contributed by atoms with Crippen LogP contribution in [0, 0.1) is 6.92 Å². The quantitative estimate of drug-likeness (QED) is 0.646. The minimum Gasteiger partial charge on any atom is -0.508 e. The van der Waals surface area contributed by atoms with Crippen molar-refractivity contribution in [2.45, 2.75) is 44.2 Å². The molecule has 0 aliphatic carbocycles. The summed E-state index contributed by atoms with van der Waals surface area (Å²) >= 11 is 13.8. The Balaban J connectivity index is 2.12. The van der Waals surface area contributed by atoms with E-state index in [1.165, 1.54) is 0 Å².